The monoisotopic (exact) mass is 431 g/mol. The zero-order valence-electron chi connectivity index (χ0n) is 18.9. The van der Waals surface area contributed by atoms with Gasteiger partial charge in [-0.1, -0.05) is 0 Å². The highest BCUT2D eigenvalue weighted by molar-refractivity contribution is 5.95. The third-order valence-corrected chi connectivity index (χ3v) is 7.64. The van der Waals surface area contributed by atoms with Crippen LogP contribution < -0.4 is 19.5 Å². The molecular formula is C24H33NO6. The number of ether oxygens (including phenoxy) is 4. The Hall–Kier alpha value is -2.44. The molecule has 5 rings (SSSR count). The van der Waals surface area contributed by atoms with Crippen molar-refractivity contribution in [3.63, 3.8) is 0 Å². The molecule has 4 bridgehead atoms. The van der Waals surface area contributed by atoms with Crippen LogP contribution in [0.4, 0.5) is 0 Å². The topological polar surface area (TPSA) is 83.1 Å². The van der Waals surface area contributed by atoms with E-state index in [9.17, 15) is 9.59 Å². The van der Waals surface area contributed by atoms with Crippen LogP contribution in [-0.4, -0.2) is 45.9 Å². The van der Waals surface area contributed by atoms with E-state index < -0.39 is 5.97 Å². The minimum Gasteiger partial charge on any atom is -0.493 e. The highest BCUT2D eigenvalue weighted by Crippen LogP contribution is 2.61. The van der Waals surface area contributed by atoms with Gasteiger partial charge in [0.25, 0.3) is 5.91 Å². The minimum absolute atomic E-state index is 0.0859. The molecule has 0 unspecified atom stereocenters. The van der Waals surface area contributed by atoms with Crippen molar-refractivity contribution in [3.8, 4) is 17.2 Å². The van der Waals surface area contributed by atoms with E-state index in [1.807, 2.05) is 0 Å². The summed E-state index contributed by atoms with van der Waals surface area (Å²) in [6.07, 6.45) is 7.73. The third-order valence-electron chi connectivity index (χ3n) is 7.64. The molecule has 4 aliphatic rings. The molecule has 0 aliphatic heterocycles. The van der Waals surface area contributed by atoms with Gasteiger partial charge in [-0.25, -0.2) is 4.79 Å². The van der Waals surface area contributed by atoms with E-state index in [-0.39, 0.29) is 35.3 Å². The van der Waals surface area contributed by atoms with Crippen LogP contribution in [0.15, 0.2) is 12.1 Å². The lowest BCUT2D eigenvalue weighted by Crippen LogP contribution is -2.56. The molecule has 1 aromatic carbocycles. The lowest BCUT2D eigenvalue weighted by Gasteiger charge is -2.59. The first-order valence-electron chi connectivity index (χ1n) is 11.1. The van der Waals surface area contributed by atoms with Gasteiger partial charge < -0.3 is 24.3 Å². The molecule has 1 atom stereocenters. The number of esters is 1. The van der Waals surface area contributed by atoms with Gasteiger partial charge in [-0.2, -0.15) is 0 Å². The Morgan fingerprint density at radius 2 is 1.55 bits per heavy atom. The standard InChI is InChI=1S/C24H33NO6/c1-14(24-10-15-7-16(11-24)9-17(8-15)12-24)25-20(26)13-31-23(27)18-5-6-19(28-2)22(30-4)21(18)29-3/h5-6,14-17H,7-13H2,1-4H3,(H,25,26)/t14-,15?,16?,17?,24?/m1/s1. The second-order valence-electron chi connectivity index (χ2n) is 9.53. The average Bonchev–Trinajstić information content (AvgIpc) is 2.75. The van der Waals surface area contributed by atoms with Crippen molar-refractivity contribution in [2.45, 2.75) is 51.5 Å². The Labute approximate surface area is 183 Å². The summed E-state index contributed by atoms with van der Waals surface area (Å²) < 4.78 is 21.2. The molecule has 1 aromatic rings. The number of methoxy groups -OCH3 is 3. The van der Waals surface area contributed by atoms with Crippen LogP contribution in [-0.2, 0) is 9.53 Å². The molecular weight excluding hydrogens is 398 g/mol. The Morgan fingerprint density at radius 3 is 2.06 bits per heavy atom. The highest BCUT2D eigenvalue weighted by Gasteiger charge is 2.53. The number of benzene rings is 1. The van der Waals surface area contributed by atoms with E-state index >= 15 is 0 Å². The van der Waals surface area contributed by atoms with Gasteiger partial charge in [-0.3, -0.25) is 4.79 Å². The van der Waals surface area contributed by atoms with Crippen molar-refractivity contribution in [1.29, 1.82) is 0 Å². The number of nitrogens with one attached hydrogen (secondary N) is 1. The van der Waals surface area contributed by atoms with E-state index in [2.05, 4.69) is 12.2 Å². The summed E-state index contributed by atoms with van der Waals surface area (Å²) in [4.78, 5) is 25.2. The average molecular weight is 432 g/mol. The summed E-state index contributed by atoms with van der Waals surface area (Å²) in [7, 11) is 4.41. The van der Waals surface area contributed by atoms with Gasteiger partial charge >= 0.3 is 5.97 Å². The van der Waals surface area contributed by atoms with Crippen molar-refractivity contribution in [3.05, 3.63) is 17.7 Å². The summed E-state index contributed by atoms with van der Waals surface area (Å²) >= 11 is 0. The minimum atomic E-state index is -0.643. The van der Waals surface area contributed by atoms with Crippen LogP contribution in [0.2, 0.25) is 0 Å². The second-order valence-corrected chi connectivity index (χ2v) is 9.53. The number of carbonyl (C=O) groups excluding carboxylic acids is 2. The van der Waals surface area contributed by atoms with E-state index in [0.29, 0.717) is 11.5 Å². The molecule has 1 N–H and O–H groups in total. The fourth-order valence-electron chi connectivity index (χ4n) is 6.62. The van der Waals surface area contributed by atoms with E-state index in [4.69, 9.17) is 18.9 Å². The zero-order chi connectivity index (χ0) is 22.2. The highest BCUT2D eigenvalue weighted by atomic mass is 16.5. The summed E-state index contributed by atoms with van der Waals surface area (Å²) in [6, 6.07) is 3.23. The number of hydrogen-bond donors (Lipinski definition) is 1. The molecule has 0 heterocycles. The lowest BCUT2D eigenvalue weighted by atomic mass is 9.48. The van der Waals surface area contributed by atoms with Crippen molar-refractivity contribution in [1.82, 2.24) is 5.32 Å². The quantitative estimate of drug-likeness (QED) is 0.634. The van der Waals surface area contributed by atoms with Gasteiger partial charge in [-0.15, -0.1) is 0 Å². The summed E-state index contributed by atoms with van der Waals surface area (Å²) in [5, 5.41) is 3.12. The van der Waals surface area contributed by atoms with Crippen LogP contribution in [0.3, 0.4) is 0 Å². The molecule has 0 saturated heterocycles. The molecule has 7 heteroatoms. The molecule has 4 fully saturated rings. The summed E-state index contributed by atoms with van der Waals surface area (Å²) in [5.41, 5.74) is 0.392. The SMILES string of the molecule is COc1ccc(C(=O)OCC(=O)N[C@H](C)C23CC4CC(CC(C4)C2)C3)c(OC)c1OC. The van der Waals surface area contributed by atoms with E-state index in [0.717, 1.165) is 17.8 Å². The van der Waals surface area contributed by atoms with Crippen molar-refractivity contribution in [2.24, 2.45) is 23.2 Å². The number of carbonyl (C=O) groups is 2. The van der Waals surface area contributed by atoms with Gasteiger partial charge in [0.1, 0.15) is 5.56 Å². The molecule has 4 saturated carbocycles. The second kappa shape index (κ2) is 8.60. The van der Waals surface area contributed by atoms with E-state index in [1.54, 1.807) is 12.1 Å². The third kappa shape index (κ3) is 4.06. The van der Waals surface area contributed by atoms with Crippen LogP contribution in [0.1, 0.15) is 55.8 Å². The van der Waals surface area contributed by atoms with Crippen LogP contribution in [0.25, 0.3) is 0 Å². The number of hydrogen-bond acceptors (Lipinski definition) is 6. The van der Waals surface area contributed by atoms with Crippen LogP contribution >= 0.6 is 0 Å². The predicted molar refractivity (Wildman–Crippen MR) is 115 cm³/mol. The van der Waals surface area contributed by atoms with Gasteiger partial charge in [0.05, 0.1) is 21.3 Å². The molecule has 31 heavy (non-hydrogen) atoms. The normalized spacial score (nSPS) is 29.2. The zero-order valence-corrected chi connectivity index (χ0v) is 18.9. The van der Waals surface area contributed by atoms with Crippen molar-refractivity contribution >= 4 is 11.9 Å². The Morgan fingerprint density at radius 1 is 0.968 bits per heavy atom. The fraction of sp³-hybridized carbons (Fsp3) is 0.667. The lowest BCUT2D eigenvalue weighted by molar-refractivity contribution is -0.128. The van der Waals surface area contributed by atoms with E-state index in [1.165, 1.54) is 59.9 Å². The van der Waals surface area contributed by atoms with Crippen molar-refractivity contribution < 1.29 is 28.5 Å². The van der Waals surface area contributed by atoms with Crippen molar-refractivity contribution in [2.75, 3.05) is 27.9 Å². The Bertz CT molecular complexity index is 815. The van der Waals surface area contributed by atoms with Crippen LogP contribution in [0, 0.1) is 23.2 Å². The maximum Gasteiger partial charge on any atom is 0.342 e. The first kappa shape index (κ1) is 21.8. The van der Waals surface area contributed by atoms with Crippen LogP contribution in [0.5, 0.6) is 17.2 Å². The molecule has 1 amide bonds. The molecule has 0 aromatic heterocycles. The predicted octanol–water partition coefficient (Wildman–Crippen LogP) is 3.59. The molecule has 170 valence electrons. The first-order chi connectivity index (χ1) is 14.9. The Balaban J connectivity index is 1.36. The number of amides is 1. The van der Waals surface area contributed by atoms with Gasteiger partial charge in [0, 0.05) is 6.04 Å². The van der Waals surface area contributed by atoms with Gasteiger partial charge in [0.15, 0.2) is 18.1 Å². The molecule has 7 nitrogen and oxygen atoms in total. The summed E-state index contributed by atoms with van der Waals surface area (Å²) in [5.74, 6) is 2.51. The Kier molecular flexibility index (Phi) is 6.04. The maximum atomic E-state index is 12.6. The van der Waals surface area contributed by atoms with Gasteiger partial charge in [-0.05, 0) is 80.8 Å². The first-order valence-corrected chi connectivity index (χ1v) is 11.1. The fourth-order valence-corrected chi connectivity index (χ4v) is 6.62. The molecule has 4 aliphatic carbocycles. The molecule has 0 spiro atoms. The largest absolute Gasteiger partial charge is 0.493 e. The smallest absolute Gasteiger partial charge is 0.342 e. The van der Waals surface area contributed by atoms with Gasteiger partial charge in [0.2, 0.25) is 5.75 Å². The maximum absolute atomic E-state index is 12.6. The number of rotatable bonds is 8. The summed E-state index contributed by atoms with van der Waals surface area (Å²) in [6.45, 7) is 1.79. The molecule has 0 radical (unpaired) electrons.